The van der Waals surface area contributed by atoms with Crippen LogP contribution in [0.2, 0.25) is 5.02 Å². The smallest absolute Gasteiger partial charge is 0.387 e. The van der Waals surface area contributed by atoms with Crippen LogP contribution in [-0.2, 0) is 16.0 Å². The maximum absolute atomic E-state index is 12.8. The number of ether oxygens (including phenoxy) is 1. The average Bonchev–Trinajstić information content (AvgIpc) is 3.18. The molecule has 174 valence electrons. The van der Waals surface area contributed by atoms with Crippen LogP contribution < -0.4 is 10.1 Å². The van der Waals surface area contributed by atoms with Gasteiger partial charge < -0.3 is 19.9 Å². The maximum Gasteiger partial charge on any atom is 0.387 e. The number of nitrogens with one attached hydrogen (secondary N) is 2. The minimum atomic E-state index is -2.98. The van der Waals surface area contributed by atoms with Gasteiger partial charge in [-0.3, -0.25) is 14.5 Å². The number of anilines is 1. The Morgan fingerprint density at radius 1 is 1.12 bits per heavy atom. The van der Waals surface area contributed by atoms with E-state index in [1.807, 2.05) is 40.3 Å². The van der Waals surface area contributed by atoms with Crippen LogP contribution in [0.3, 0.4) is 0 Å². The lowest BCUT2D eigenvalue weighted by atomic mass is 10.1. The minimum absolute atomic E-state index is 0.0181. The van der Waals surface area contributed by atoms with Crippen molar-refractivity contribution in [2.24, 2.45) is 0 Å². The summed E-state index contributed by atoms with van der Waals surface area (Å²) in [6, 6.07) is 12.0. The zero-order chi connectivity index (χ0) is 23.4. The van der Waals surface area contributed by atoms with E-state index in [9.17, 15) is 18.4 Å². The fraction of sp³-hybridized carbons (Fsp3) is 0.304. The number of amides is 2. The van der Waals surface area contributed by atoms with Crippen molar-refractivity contribution in [1.29, 1.82) is 0 Å². The van der Waals surface area contributed by atoms with Crippen molar-refractivity contribution >= 4 is 40.0 Å². The zero-order valence-corrected chi connectivity index (χ0v) is 18.4. The van der Waals surface area contributed by atoms with E-state index in [-0.39, 0.29) is 29.1 Å². The topological polar surface area (TPSA) is 77.7 Å². The average molecular weight is 477 g/mol. The van der Waals surface area contributed by atoms with E-state index in [4.69, 9.17) is 11.6 Å². The number of carbonyl (C=O) groups is 2. The highest BCUT2D eigenvalue weighted by Crippen LogP contribution is 2.29. The number of piperazine rings is 1. The number of rotatable bonds is 7. The van der Waals surface area contributed by atoms with Gasteiger partial charge in [0.1, 0.15) is 5.75 Å². The van der Waals surface area contributed by atoms with Gasteiger partial charge in [-0.1, -0.05) is 29.8 Å². The van der Waals surface area contributed by atoms with Gasteiger partial charge in [0.2, 0.25) is 11.8 Å². The molecule has 0 aliphatic carbocycles. The molecule has 1 aliphatic heterocycles. The van der Waals surface area contributed by atoms with Gasteiger partial charge in [-0.05, 0) is 29.8 Å². The van der Waals surface area contributed by atoms with E-state index in [0.717, 1.165) is 16.5 Å². The lowest BCUT2D eigenvalue weighted by Gasteiger charge is -2.34. The second kappa shape index (κ2) is 10.2. The number of H-pyrrole nitrogens is 1. The monoisotopic (exact) mass is 476 g/mol. The van der Waals surface area contributed by atoms with Crippen molar-refractivity contribution in [2.75, 3.05) is 38.0 Å². The third-order valence-corrected chi connectivity index (χ3v) is 5.84. The van der Waals surface area contributed by atoms with Gasteiger partial charge in [0.05, 0.1) is 18.0 Å². The fourth-order valence-electron chi connectivity index (χ4n) is 3.88. The van der Waals surface area contributed by atoms with Crippen molar-refractivity contribution in [1.82, 2.24) is 14.8 Å². The summed E-state index contributed by atoms with van der Waals surface area (Å²) in [4.78, 5) is 32.1. The Morgan fingerprint density at radius 2 is 1.88 bits per heavy atom. The molecule has 2 heterocycles. The number of alkyl halides is 2. The van der Waals surface area contributed by atoms with Crippen LogP contribution in [0.15, 0.2) is 48.7 Å². The summed E-state index contributed by atoms with van der Waals surface area (Å²) < 4.78 is 28.9. The van der Waals surface area contributed by atoms with E-state index < -0.39 is 6.61 Å². The third kappa shape index (κ3) is 5.80. The Labute approximate surface area is 194 Å². The number of fused-ring (bicyclic) bond motifs is 1. The van der Waals surface area contributed by atoms with E-state index in [1.165, 1.54) is 18.2 Å². The Kier molecular flexibility index (Phi) is 7.10. The van der Waals surface area contributed by atoms with Crippen LogP contribution in [0.4, 0.5) is 14.5 Å². The van der Waals surface area contributed by atoms with Gasteiger partial charge in [0.25, 0.3) is 0 Å². The fourth-order valence-corrected chi connectivity index (χ4v) is 4.11. The molecule has 7 nitrogen and oxygen atoms in total. The van der Waals surface area contributed by atoms with E-state index in [1.54, 1.807) is 0 Å². The molecule has 4 rings (SSSR count). The molecule has 10 heteroatoms. The molecule has 3 aromatic rings. The van der Waals surface area contributed by atoms with Gasteiger partial charge in [0.15, 0.2) is 0 Å². The van der Waals surface area contributed by atoms with Crippen LogP contribution in [0.25, 0.3) is 10.9 Å². The molecule has 2 aromatic carbocycles. The summed E-state index contributed by atoms with van der Waals surface area (Å²) >= 11 is 5.92. The quantitative estimate of drug-likeness (QED) is 0.544. The maximum atomic E-state index is 12.8. The summed E-state index contributed by atoms with van der Waals surface area (Å²) in [5, 5.41) is 3.73. The molecule has 0 saturated carbocycles. The molecule has 0 radical (unpaired) electrons. The zero-order valence-electron chi connectivity index (χ0n) is 17.7. The summed E-state index contributed by atoms with van der Waals surface area (Å²) in [6.45, 7) is -0.586. The van der Waals surface area contributed by atoms with Crippen molar-refractivity contribution < 1.29 is 23.1 Å². The largest absolute Gasteiger partial charge is 0.433 e. The number of nitrogens with zero attached hydrogens (tertiary/aromatic N) is 2. The second-order valence-corrected chi connectivity index (χ2v) is 8.17. The first-order valence-electron chi connectivity index (χ1n) is 10.5. The van der Waals surface area contributed by atoms with E-state index in [0.29, 0.717) is 38.3 Å². The first kappa shape index (κ1) is 23.0. The molecule has 1 fully saturated rings. The van der Waals surface area contributed by atoms with Crippen molar-refractivity contribution in [3.8, 4) is 5.75 Å². The van der Waals surface area contributed by atoms with E-state index >= 15 is 0 Å². The Hall–Kier alpha value is -3.17. The molecule has 33 heavy (non-hydrogen) atoms. The van der Waals surface area contributed by atoms with Crippen LogP contribution in [0, 0.1) is 0 Å². The standard InChI is InChI=1S/C23H23ClF2N4O3/c24-18-12-16(5-6-20(18)33-23(25)26)28-21(31)14-29-7-9-30(10-8-29)22(32)11-15-13-27-19-4-2-1-3-17(15)19/h1-6,12-13,23,27H,7-11,14H2,(H,28,31). The van der Waals surface area contributed by atoms with Gasteiger partial charge in [-0.2, -0.15) is 8.78 Å². The minimum Gasteiger partial charge on any atom is -0.433 e. The van der Waals surface area contributed by atoms with E-state index in [2.05, 4.69) is 15.0 Å². The number of para-hydroxylation sites is 1. The summed E-state index contributed by atoms with van der Waals surface area (Å²) in [6.07, 6.45) is 2.21. The number of hydrogen-bond acceptors (Lipinski definition) is 4. The first-order valence-corrected chi connectivity index (χ1v) is 10.9. The predicted octanol–water partition coefficient (Wildman–Crippen LogP) is 3.75. The SMILES string of the molecule is O=C(CN1CCN(C(=O)Cc2c[nH]c3ccccc23)CC1)Nc1ccc(OC(F)F)c(Cl)c1. The molecule has 2 N–H and O–H groups in total. The summed E-state index contributed by atoms with van der Waals surface area (Å²) in [5.74, 6) is -0.352. The Balaban J connectivity index is 1.24. The highest BCUT2D eigenvalue weighted by Gasteiger charge is 2.23. The number of aromatic nitrogens is 1. The van der Waals surface area contributed by atoms with Crippen molar-refractivity contribution in [3.63, 3.8) is 0 Å². The van der Waals surface area contributed by atoms with Crippen LogP contribution in [0.1, 0.15) is 5.56 Å². The van der Waals surface area contributed by atoms with Gasteiger partial charge >= 0.3 is 6.61 Å². The number of halogens is 3. The Morgan fingerprint density at radius 3 is 2.61 bits per heavy atom. The number of hydrogen-bond donors (Lipinski definition) is 2. The molecule has 0 spiro atoms. The molecular formula is C23H23ClF2N4O3. The summed E-state index contributed by atoms with van der Waals surface area (Å²) in [5.41, 5.74) is 2.37. The molecule has 0 atom stereocenters. The van der Waals surface area contributed by atoms with Gasteiger partial charge in [-0.15, -0.1) is 0 Å². The van der Waals surface area contributed by atoms with Gasteiger partial charge in [-0.25, -0.2) is 0 Å². The van der Waals surface area contributed by atoms with Crippen molar-refractivity contribution in [3.05, 3.63) is 59.2 Å². The van der Waals surface area contributed by atoms with Crippen molar-refractivity contribution in [2.45, 2.75) is 13.0 Å². The lowest BCUT2D eigenvalue weighted by molar-refractivity contribution is -0.132. The molecule has 0 unspecified atom stereocenters. The highest BCUT2D eigenvalue weighted by molar-refractivity contribution is 6.32. The number of aromatic amines is 1. The number of benzene rings is 2. The molecule has 0 bridgehead atoms. The van der Waals surface area contributed by atoms with Crippen LogP contribution in [-0.4, -0.2) is 65.9 Å². The highest BCUT2D eigenvalue weighted by atomic mass is 35.5. The summed E-state index contributed by atoms with van der Waals surface area (Å²) in [7, 11) is 0. The Bertz CT molecular complexity index is 1150. The third-order valence-electron chi connectivity index (χ3n) is 5.54. The molecular weight excluding hydrogens is 454 g/mol. The lowest BCUT2D eigenvalue weighted by Crippen LogP contribution is -2.50. The van der Waals surface area contributed by atoms with Gasteiger partial charge in [0, 0.05) is 49.0 Å². The predicted molar refractivity (Wildman–Crippen MR) is 122 cm³/mol. The second-order valence-electron chi connectivity index (χ2n) is 7.77. The van der Waals surface area contributed by atoms with Crippen LogP contribution >= 0.6 is 11.6 Å². The number of carbonyl (C=O) groups excluding carboxylic acids is 2. The normalized spacial score (nSPS) is 14.6. The molecule has 2 amide bonds. The van der Waals surface area contributed by atoms with Crippen LogP contribution in [0.5, 0.6) is 5.75 Å². The first-order chi connectivity index (χ1) is 15.9. The molecule has 1 saturated heterocycles. The molecule has 1 aromatic heterocycles. The molecule has 1 aliphatic rings.